The van der Waals surface area contributed by atoms with Gasteiger partial charge in [0.15, 0.2) is 6.10 Å². The largest absolute Gasteiger partial charge is 1.00 e. The smallest absolute Gasteiger partial charge is 1.00 e. The molecule has 7 heteroatoms. The third-order valence-corrected chi connectivity index (χ3v) is 5.16. The molecule has 0 aliphatic carbocycles. The van der Waals surface area contributed by atoms with Crippen molar-refractivity contribution in [2.75, 3.05) is 0 Å². The molecule has 3 unspecified atom stereocenters. The molecule has 0 radical (unpaired) electrons. The van der Waals surface area contributed by atoms with Gasteiger partial charge < -0.3 is 6.16 Å². The van der Waals surface area contributed by atoms with Crippen LogP contribution in [0.2, 0.25) is 0 Å². The molecule has 0 aliphatic heterocycles. The second-order valence-corrected chi connectivity index (χ2v) is 7.93. The van der Waals surface area contributed by atoms with E-state index in [1.165, 1.54) is 24.3 Å². The third-order valence-electron chi connectivity index (χ3n) is 4.25. The summed E-state index contributed by atoms with van der Waals surface area (Å²) in [7, 11) is -1.25. The van der Waals surface area contributed by atoms with Gasteiger partial charge in [-0.1, -0.05) is 69.2 Å². The quantitative estimate of drug-likeness (QED) is 0.365. The fraction of sp³-hybridized carbons (Fsp3) is 0.381. The van der Waals surface area contributed by atoms with E-state index in [2.05, 4.69) is 6.92 Å². The minimum atomic E-state index is -4.22. The maximum Gasteiger partial charge on any atom is 1.00 e. The van der Waals surface area contributed by atoms with Gasteiger partial charge in [0.1, 0.15) is 5.75 Å². The Hall–Kier alpha value is -1.27. The van der Waals surface area contributed by atoms with E-state index in [0.717, 1.165) is 19.3 Å². The number of ether oxygens (including phenoxy) is 1. The van der Waals surface area contributed by atoms with E-state index in [1.807, 2.05) is 13.0 Å². The van der Waals surface area contributed by atoms with Crippen molar-refractivity contribution in [2.45, 2.75) is 45.1 Å². The van der Waals surface area contributed by atoms with Crippen molar-refractivity contribution in [1.29, 1.82) is 0 Å². The summed E-state index contributed by atoms with van der Waals surface area (Å²) in [4.78, 5) is 12.9. The summed E-state index contributed by atoms with van der Waals surface area (Å²) in [6.45, 7) is 4.06. The Labute approximate surface area is 179 Å². The van der Waals surface area contributed by atoms with Crippen molar-refractivity contribution in [2.24, 2.45) is 5.92 Å². The van der Waals surface area contributed by atoms with Crippen molar-refractivity contribution in [3.63, 3.8) is 0 Å². The average molecular weight is 404 g/mol. The van der Waals surface area contributed by atoms with Crippen LogP contribution < -0.4 is 28.9 Å². The monoisotopic (exact) mass is 404 g/mol. The summed E-state index contributed by atoms with van der Waals surface area (Å²) in [5, 5.41) is 0.194. The SMILES string of the molecule is CCCCC(C)C(Oc1ccc(PC(F)(F)F)cc1)C(=O)c1ccccc1.[H-].[Li+]. The van der Waals surface area contributed by atoms with E-state index in [0.29, 0.717) is 11.3 Å². The normalized spacial score (nSPS) is 13.8. The molecule has 0 N–H and O–H groups in total. The van der Waals surface area contributed by atoms with Crippen LogP contribution >= 0.6 is 8.58 Å². The van der Waals surface area contributed by atoms with Gasteiger partial charge >= 0.3 is 24.8 Å². The number of rotatable bonds is 9. The fourth-order valence-electron chi connectivity index (χ4n) is 2.80. The van der Waals surface area contributed by atoms with Crippen LogP contribution in [0, 0.1) is 5.92 Å². The molecule has 2 aromatic carbocycles. The molecule has 0 aromatic heterocycles. The molecule has 148 valence electrons. The summed E-state index contributed by atoms with van der Waals surface area (Å²) in [5.74, 6) is -3.93. The van der Waals surface area contributed by atoms with E-state index in [9.17, 15) is 18.0 Å². The molecule has 0 aliphatic rings. The first kappa shape index (κ1) is 24.8. The molecule has 2 nitrogen and oxygen atoms in total. The second-order valence-electron chi connectivity index (χ2n) is 6.54. The van der Waals surface area contributed by atoms with Crippen LogP contribution in [0.5, 0.6) is 5.75 Å². The molecule has 2 aromatic rings. The van der Waals surface area contributed by atoms with E-state index in [-0.39, 0.29) is 37.3 Å². The van der Waals surface area contributed by atoms with Gasteiger partial charge in [-0.3, -0.25) is 4.79 Å². The zero-order chi connectivity index (χ0) is 19.9. The van der Waals surface area contributed by atoms with Crippen LogP contribution in [-0.4, -0.2) is 17.8 Å². The van der Waals surface area contributed by atoms with Crippen LogP contribution in [0.4, 0.5) is 13.2 Å². The molecule has 0 saturated heterocycles. The second kappa shape index (κ2) is 11.7. The molecule has 3 atom stereocenters. The minimum Gasteiger partial charge on any atom is -1.00 e. The summed E-state index contributed by atoms with van der Waals surface area (Å²) in [6.07, 6.45) is 2.17. The van der Waals surface area contributed by atoms with Gasteiger partial charge in [-0.05, 0) is 23.9 Å². The molecule has 0 saturated carbocycles. The minimum absolute atomic E-state index is 0. The first-order valence-corrected chi connectivity index (χ1v) is 10.0. The van der Waals surface area contributed by atoms with E-state index < -0.39 is 20.6 Å². The topological polar surface area (TPSA) is 26.3 Å². The van der Waals surface area contributed by atoms with E-state index in [4.69, 9.17) is 4.74 Å². The summed E-state index contributed by atoms with van der Waals surface area (Å²) in [5.41, 5.74) is 0.570. The van der Waals surface area contributed by atoms with Crippen LogP contribution in [-0.2, 0) is 0 Å². The predicted molar refractivity (Wildman–Crippen MR) is 105 cm³/mol. The van der Waals surface area contributed by atoms with Crippen LogP contribution in [0.3, 0.4) is 0 Å². The number of carbonyl (C=O) groups is 1. The van der Waals surface area contributed by atoms with Gasteiger partial charge in [-0.25, -0.2) is 0 Å². The Morgan fingerprint density at radius 2 is 1.71 bits per heavy atom. The Kier molecular flexibility index (Phi) is 10.3. The van der Waals surface area contributed by atoms with Crippen molar-refractivity contribution in [3.8, 4) is 5.75 Å². The predicted octanol–water partition coefficient (Wildman–Crippen LogP) is 3.08. The maximum atomic E-state index is 12.9. The number of Topliss-reactive ketones (excluding diaryl/α,β-unsaturated/α-hetero) is 1. The van der Waals surface area contributed by atoms with Gasteiger partial charge in [0.25, 0.3) is 0 Å². The molecular formula is C21H25F3LiO2P. The Morgan fingerprint density at radius 1 is 1.11 bits per heavy atom. The van der Waals surface area contributed by atoms with Gasteiger partial charge in [0.05, 0.1) is 0 Å². The molecule has 0 bridgehead atoms. The van der Waals surface area contributed by atoms with Crippen LogP contribution in [0.15, 0.2) is 54.6 Å². The number of ketones is 1. The first-order valence-electron chi connectivity index (χ1n) is 9.01. The Balaban J connectivity index is 0.00000392. The molecule has 2 rings (SSSR count). The molecule has 0 amide bonds. The maximum absolute atomic E-state index is 12.9. The number of hydrogen-bond acceptors (Lipinski definition) is 2. The van der Waals surface area contributed by atoms with Crippen LogP contribution in [0.1, 0.15) is 44.9 Å². The summed E-state index contributed by atoms with van der Waals surface area (Å²) in [6, 6.07) is 14.8. The molecule has 28 heavy (non-hydrogen) atoms. The first-order chi connectivity index (χ1) is 12.8. The van der Waals surface area contributed by atoms with E-state index >= 15 is 0 Å². The Bertz CT molecular complexity index is 727. The third kappa shape index (κ3) is 8.00. The number of unbranched alkanes of at least 4 members (excludes halogenated alkanes) is 1. The van der Waals surface area contributed by atoms with Gasteiger partial charge in [0, 0.05) is 20.1 Å². The van der Waals surface area contributed by atoms with Gasteiger partial charge in [-0.2, -0.15) is 13.2 Å². The summed E-state index contributed by atoms with van der Waals surface area (Å²) < 4.78 is 43.5. The van der Waals surface area contributed by atoms with Crippen molar-refractivity contribution >= 4 is 19.7 Å². The number of halogens is 3. The molecule has 0 spiro atoms. The Morgan fingerprint density at radius 3 is 2.25 bits per heavy atom. The number of carbonyl (C=O) groups excluding carboxylic acids is 1. The zero-order valence-electron chi connectivity index (χ0n) is 17.4. The molecule has 0 heterocycles. The number of alkyl halides is 3. The zero-order valence-corrected chi connectivity index (χ0v) is 17.4. The van der Waals surface area contributed by atoms with Crippen molar-refractivity contribution < 1.29 is 43.0 Å². The van der Waals surface area contributed by atoms with Crippen LogP contribution in [0.25, 0.3) is 0 Å². The van der Waals surface area contributed by atoms with Crippen molar-refractivity contribution in [3.05, 3.63) is 60.2 Å². The summed E-state index contributed by atoms with van der Waals surface area (Å²) >= 11 is 0. The van der Waals surface area contributed by atoms with E-state index in [1.54, 1.807) is 24.3 Å². The van der Waals surface area contributed by atoms with Gasteiger partial charge in [-0.15, -0.1) is 0 Å². The number of benzene rings is 2. The van der Waals surface area contributed by atoms with Crippen molar-refractivity contribution in [1.82, 2.24) is 0 Å². The van der Waals surface area contributed by atoms with Gasteiger partial charge in [0.2, 0.25) is 5.78 Å². The molecular weight excluding hydrogens is 379 g/mol. The fourth-order valence-corrected chi connectivity index (χ4v) is 3.46. The average Bonchev–Trinajstić information content (AvgIpc) is 2.64. The molecule has 0 fully saturated rings. The standard InChI is InChI=1S/C21H24F3O2P.Li.H/c1-3-4-8-15(2)20(19(25)16-9-6-5-7-10-16)26-17-11-13-18(14-12-17)27-21(22,23)24;;/h5-7,9-15,20,27H,3-4,8H2,1-2H3;;/q;+1;-1. The number of hydrogen-bond donors (Lipinski definition) is 0.